The third kappa shape index (κ3) is 2.19. The Morgan fingerprint density at radius 1 is 1.38 bits per heavy atom. The first-order chi connectivity index (χ1) is 7.59. The second kappa shape index (κ2) is 4.65. The Hall–Kier alpha value is -0.710. The van der Waals surface area contributed by atoms with Crippen molar-refractivity contribution >= 4 is 27.3 Å². The highest BCUT2D eigenvalue weighted by Gasteiger charge is 2.18. The van der Waals surface area contributed by atoms with Gasteiger partial charge < -0.3 is 5.11 Å². The summed E-state index contributed by atoms with van der Waals surface area (Å²) >= 11 is 4.71. The molecule has 0 aliphatic heterocycles. The molecule has 1 nitrogen and oxygen atoms in total. The van der Waals surface area contributed by atoms with E-state index in [1.54, 1.807) is 12.1 Å². The molecule has 1 atom stereocenters. The molecule has 0 amide bonds. The highest BCUT2D eigenvalue weighted by Crippen LogP contribution is 2.31. The molecule has 0 aliphatic carbocycles. The van der Waals surface area contributed by atoms with Gasteiger partial charge in [0.15, 0.2) is 0 Å². The Morgan fingerprint density at radius 3 is 2.75 bits per heavy atom. The van der Waals surface area contributed by atoms with Crippen molar-refractivity contribution < 1.29 is 9.50 Å². The first-order valence-corrected chi connectivity index (χ1v) is 6.44. The molecule has 0 saturated heterocycles. The molecular weight excluding hydrogens is 291 g/mol. The summed E-state index contributed by atoms with van der Waals surface area (Å²) in [6, 6.07) is 6.50. The number of aliphatic hydroxyl groups is 1. The topological polar surface area (TPSA) is 20.2 Å². The van der Waals surface area contributed by atoms with Gasteiger partial charge in [-0.15, -0.1) is 11.3 Å². The van der Waals surface area contributed by atoms with E-state index in [1.807, 2.05) is 18.4 Å². The fraction of sp³-hybridized carbons (Fsp3) is 0.167. The van der Waals surface area contributed by atoms with E-state index in [0.29, 0.717) is 5.56 Å². The molecule has 1 unspecified atom stereocenters. The summed E-state index contributed by atoms with van der Waals surface area (Å²) in [7, 11) is 0. The first kappa shape index (κ1) is 11.8. The molecule has 0 aliphatic rings. The first-order valence-electron chi connectivity index (χ1n) is 4.76. The van der Waals surface area contributed by atoms with Crippen LogP contribution in [0.25, 0.3) is 0 Å². The van der Waals surface area contributed by atoms with Crippen molar-refractivity contribution in [3.8, 4) is 0 Å². The van der Waals surface area contributed by atoms with E-state index in [-0.39, 0.29) is 5.82 Å². The quantitative estimate of drug-likeness (QED) is 0.887. The second-order valence-electron chi connectivity index (χ2n) is 3.54. The van der Waals surface area contributed by atoms with Crippen molar-refractivity contribution in [2.75, 3.05) is 0 Å². The maximum Gasteiger partial charge on any atom is 0.129 e. The van der Waals surface area contributed by atoms with Gasteiger partial charge in [-0.05, 0) is 42.1 Å². The summed E-state index contributed by atoms with van der Waals surface area (Å²) < 4.78 is 14.3. The average molecular weight is 301 g/mol. The summed E-state index contributed by atoms with van der Waals surface area (Å²) in [5.41, 5.74) is 1.29. The van der Waals surface area contributed by atoms with E-state index in [1.165, 1.54) is 17.4 Å². The van der Waals surface area contributed by atoms with E-state index in [4.69, 9.17) is 0 Å². The lowest BCUT2D eigenvalue weighted by Gasteiger charge is -2.11. The normalized spacial score (nSPS) is 12.8. The average Bonchev–Trinajstić information content (AvgIpc) is 2.67. The van der Waals surface area contributed by atoms with Crippen LogP contribution in [0.15, 0.2) is 34.1 Å². The number of aliphatic hydroxyl groups excluding tert-OH is 1. The van der Waals surface area contributed by atoms with Crippen LogP contribution in [-0.4, -0.2) is 5.11 Å². The minimum Gasteiger partial charge on any atom is -0.383 e. The second-order valence-corrected chi connectivity index (χ2v) is 5.40. The minimum atomic E-state index is -0.891. The molecule has 16 heavy (non-hydrogen) atoms. The van der Waals surface area contributed by atoms with Gasteiger partial charge in [-0.1, -0.05) is 15.9 Å². The standard InChI is InChI=1S/C12H10BrFOS/c1-7-4-5-16-12(7)11(15)9-6-8(13)2-3-10(9)14/h2-6,11,15H,1H3. The number of halogens is 2. The van der Waals surface area contributed by atoms with Crippen LogP contribution >= 0.6 is 27.3 Å². The lowest BCUT2D eigenvalue weighted by Crippen LogP contribution is -2.01. The summed E-state index contributed by atoms with van der Waals surface area (Å²) in [6.07, 6.45) is -0.891. The van der Waals surface area contributed by atoms with Crippen molar-refractivity contribution in [3.63, 3.8) is 0 Å². The number of thiophene rings is 1. The van der Waals surface area contributed by atoms with Crippen LogP contribution in [0.1, 0.15) is 22.1 Å². The van der Waals surface area contributed by atoms with Gasteiger partial charge in [-0.25, -0.2) is 4.39 Å². The third-order valence-electron chi connectivity index (χ3n) is 2.40. The Kier molecular flexibility index (Phi) is 3.42. The van der Waals surface area contributed by atoms with E-state index < -0.39 is 6.10 Å². The minimum absolute atomic E-state index is 0.305. The van der Waals surface area contributed by atoms with Crippen molar-refractivity contribution in [1.82, 2.24) is 0 Å². The Labute approximate surface area is 106 Å². The van der Waals surface area contributed by atoms with Gasteiger partial charge in [0.1, 0.15) is 11.9 Å². The molecule has 0 radical (unpaired) electrons. The van der Waals surface area contributed by atoms with Gasteiger partial charge in [0.25, 0.3) is 0 Å². The molecule has 2 rings (SSSR count). The monoisotopic (exact) mass is 300 g/mol. The molecule has 0 saturated carbocycles. The van der Waals surface area contributed by atoms with Crippen molar-refractivity contribution in [3.05, 3.63) is 55.9 Å². The van der Waals surface area contributed by atoms with Crippen LogP contribution in [0, 0.1) is 12.7 Å². The predicted molar refractivity (Wildman–Crippen MR) is 67.2 cm³/mol. The largest absolute Gasteiger partial charge is 0.383 e. The van der Waals surface area contributed by atoms with Gasteiger partial charge in [-0.2, -0.15) is 0 Å². The number of hydrogen-bond donors (Lipinski definition) is 1. The molecule has 0 bridgehead atoms. The molecule has 1 heterocycles. The maximum absolute atomic E-state index is 13.6. The van der Waals surface area contributed by atoms with Crippen LogP contribution in [0.3, 0.4) is 0 Å². The molecule has 1 N–H and O–H groups in total. The number of aryl methyl sites for hydroxylation is 1. The van der Waals surface area contributed by atoms with Gasteiger partial charge >= 0.3 is 0 Å². The molecule has 4 heteroatoms. The fourth-order valence-electron chi connectivity index (χ4n) is 1.53. The van der Waals surface area contributed by atoms with Gasteiger partial charge in [-0.3, -0.25) is 0 Å². The van der Waals surface area contributed by atoms with Gasteiger partial charge in [0, 0.05) is 14.9 Å². The zero-order valence-electron chi connectivity index (χ0n) is 8.58. The van der Waals surface area contributed by atoms with Crippen molar-refractivity contribution in [2.45, 2.75) is 13.0 Å². The van der Waals surface area contributed by atoms with Crippen LogP contribution in [-0.2, 0) is 0 Å². The summed E-state index contributed by atoms with van der Waals surface area (Å²) in [5.74, 6) is -0.386. The Morgan fingerprint density at radius 2 is 2.12 bits per heavy atom. The molecule has 1 aromatic heterocycles. The SMILES string of the molecule is Cc1ccsc1C(O)c1cc(Br)ccc1F. The van der Waals surface area contributed by atoms with Crippen molar-refractivity contribution in [1.29, 1.82) is 0 Å². The highest BCUT2D eigenvalue weighted by atomic mass is 79.9. The van der Waals surface area contributed by atoms with Crippen molar-refractivity contribution in [2.24, 2.45) is 0 Å². The highest BCUT2D eigenvalue weighted by molar-refractivity contribution is 9.10. The predicted octanol–water partition coefficient (Wildman–Crippen LogP) is 4.04. The van der Waals surface area contributed by atoms with Crippen LogP contribution < -0.4 is 0 Å². The molecule has 84 valence electrons. The lowest BCUT2D eigenvalue weighted by molar-refractivity contribution is 0.218. The number of benzene rings is 1. The number of rotatable bonds is 2. The summed E-state index contributed by atoms with van der Waals surface area (Å²) in [6.45, 7) is 1.91. The summed E-state index contributed by atoms with van der Waals surface area (Å²) in [5, 5.41) is 12.0. The molecule has 0 spiro atoms. The fourth-order valence-corrected chi connectivity index (χ4v) is 2.84. The number of hydrogen-bond acceptors (Lipinski definition) is 2. The molecule has 0 fully saturated rings. The van der Waals surface area contributed by atoms with E-state index in [0.717, 1.165) is 14.9 Å². The maximum atomic E-state index is 13.6. The molecular formula is C12H10BrFOS. The third-order valence-corrected chi connectivity index (χ3v) is 3.97. The zero-order valence-corrected chi connectivity index (χ0v) is 11.0. The van der Waals surface area contributed by atoms with E-state index >= 15 is 0 Å². The summed E-state index contributed by atoms with van der Waals surface area (Å²) in [4.78, 5) is 0.789. The Bertz CT molecular complexity index is 509. The van der Waals surface area contributed by atoms with Crippen LogP contribution in [0.5, 0.6) is 0 Å². The van der Waals surface area contributed by atoms with Crippen LogP contribution in [0.2, 0.25) is 0 Å². The van der Waals surface area contributed by atoms with Gasteiger partial charge in [0.05, 0.1) is 0 Å². The zero-order chi connectivity index (χ0) is 11.7. The molecule has 1 aromatic carbocycles. The lowest BCUT2D eigenvalue weighted by atomic mass is 10.1. The molecule has 2 aromatic rings. The smallest absolute Gasteiger partial charge is 0.129 e. The van der Waals surface area contributed by atoms with E-state index in [9.17, 15) is 9.50 Å². The van der Waals surface area contributed by atoms with Crippen LogP contribution in [0.4, 0.5) is 4.39 Å². The van der Waals surface area contributed by atoms with Gasteiger partial charge in [0.2, 0.25) is 0 Å². The Balaban J connectivity index is 2.45. The van der Waals surface area contributed by atoms with E-state index in [2.05, 4.69) is 15.9 Å².